The van der Waals surface area contributed by atoms with Crippen LogP contribution in [0, 0.1) is 0 Å². The Morgan fingerprint density at radius 3 is 2.67 bits per heavy atom. The first-order valence-corrected chi connectivity index (χ1v) is 7.16. The molecule has 1 aromatic heterocycles. The summed E-state index contributed by atoms with van der Waals surface area (Å²) in [6.07, 6.45) is 0.744. The average Bonchev–Trinajstić information content (AvgIpc) is 2.89. The SMILES string of the molecule is CCC(C(=O)[O][Al+2])c1sccc1-c1ccccc1. The van der Waals surface area contributed by atoms with Crippen LogP contribution in [0.4, 0.5) is 0 Å². The van der Waals surface area contributed by atoms with Crippen molar-refractivity contribution >= 4 is 33.9 Å². The van der Waals surface area contributed by atoms with Crippen LogP contribution in [0.2, 0.25) is 0 Å². The Kier molecular flexibility index (Phi) is 4.60. The molecule has 18 heavy (non-hydrogen) atoms. The molecular formula is C14H13AlO2S+2. The van der Waals surface area contributed by atoms with Gasteiger partial charge in [-0.05, 0) is 0 Å². The van der Waals surface area contributed by atoms with Gasteiger partial charge in [-0.25, -0.2) is 0 Å². The molecule has 0 spiro atoms. The summed E-state index contributed by atoms with van der Waals surface area (Å²) >= 11 is 3.65. The minimum atomic E-state index is -0.192. The first-order chi connectivity index (χ1) is 8.77. The van der Waals surface area contributed by atoms with Gasteiger partial charge in [0.2, 0.25) is 0 Å². The fraction of sp³-hybridized carbons (Fsp3) is 0.214. The Bertz CT molecular complexity index is 522. The summed E-state index contributed by atoms with van der Waals surface area (Å²) in [7, 11) is 0. The summed E-state index contributed by atoms with van der Waals surface area (Å²) in [5.74, 6) is -0.375. The Balaban J connectivity index is 2.41. The summed E-state index contributed by atoms with van der Waals surface area (Å²) in [6, 6.07) is 12.2. The van der Waals surface area contributed by atoms with Crippen molar-refractivity contribution in [3.05, 3.63) is 46.7 Å². The third-order valence-electron chi connectivity index (χ3n) is 2.91. The van der Waals surface area contributed by atoms with Crippen molar-refractivity contribution in [2.75, 3.05) is 0 Å². The van der Waals surface area contributed by atoms with Crippen molar-refractivity contribution in [2.45, 2.75) is 19.3 Å². The Hall–Kier alpha value is -1.08. The van der Waals surface area contributed by atoms with Gasteiger partial charge in [-0.2, -0.15) is 0 Å². The molecule has 0 fully saturated rings. The molecular weight excluding hydrogens is 259 g/mol. The molecule has 1 aromatic carbocycles. The maximum atomic E-state index is 11.8. The average molecular weight is 272 g/mol. The van der Waals surface area contributed by atoms with E-state index in [9.17, 15) is 4.79 Å². The molecule has 88 valence electrons. The molecule has 1 atom stereocenters. The Labute approximate surface area is 119 Å². The number of rotatable bonds is 4. The van der Waals surface area contributed by atoms with Crippen LogP contribution in [0.15, 0.2) is 41.8 Å². The fourth-order valence-electron chi connectivity index (χ4n) is 1.99. The second kappa shape index (κ2) is 6.20. The molecule has 0 aliphatic rings. The fourth-order valence-corrected chi connectivity index (χ4v) is 3.24. The topological polar surface area (TPSA) is 26.3 Å². The van der Waals surface area contributed by atoms with Gasteiger partial charge >= 0.3 is 120 Å². The molecule has 0 aliphatic heterocycles. The second-order valence-corrected chi connectivity index (χ2v) is 5.15. The standard InChI is InChI=1S/C14H14O2S.Al/c1-2-11(14(15)16)13-12(8-9-17-13)10-6-4-3-5-7-10;/h3-9,11H,2H2,1H3,(H,15,16);/q;+3/p-1. The van der Waals surface area contributed by atoms with Crippen molar-refractivity contribution in [3.63, 3.8) is 0 Å². The van der Waals surface area contributed by atoms with Crippen molar-refractivity contribution in [3.8, 4) is 11.1 Å². The van der Waals surface area contributed by atoms with Gasteiger partial charge in [-0.15, -0.1) is 0 Å². The summed E-state index contributed by atoms with van der Waals surface area (Å²) < 4.78 is 4.80. The van der Waals surface area contributed by atoms with Gasteiger partial charge in [0, 0.05) is 0 Å². The van der Waals surface area contributed by atoms with Gasteiger partial charge < -0.3 is 0 Å². The van der Waals surface area contributed by atoms with Crippen molar-refractivity contribution in [1.29, 1.82) is 0 Å². The molecule has 0 amide bonds. The van der Waals surface area contributed by atoms with Crippen molar-refractivity contribution in [2.24, 2.45) is 0 Å². The molecule has 0 saturated carbocycles. The molecule has 2 aromatic rings. The van der Waals surface area contributed by atoms with Gasteiger partial charge in [-0.3, -0.25) is 0 Å². The van der Waals surface area contributed by atoms with E-state index in [2.05, 4.69) is 18.2 Å². The molecule has 0 N–H and O–H groups in total. The Morgan fingerprint density at radius 2 is 2.06 bits per heavy atom. The van der Waals surface area contributed by atoms with Crippen LogP contribution < -0.4 is 0 Å². The zero-order valence-corrected chi connectivity index (χ0v) is 12.1. The van der Waals surface area contributed by atoms with Gasteiger partial charge in [-0.1, -0.05) is 0 Å². The van der Waals surface area contributed by atoms with Crippen LogP contribution >= 0.6 is 11.3 Å². The molecule has 2 nitrogen and oxygen atoms in total. The van der Waals surface area contributed by atoms with E-state index in [1.807, 2.05) is 47.1 Å². The number of hydrogen-bond donors (Lipinski definition) is 0. The van der Waals surface area contributed by atoms with Gasteiger partial charge in [0.05, 0.1) is 0 Å². The van der Waals surface area contributed by atoms with Crippen LogP contribution in [0.3, 0.4) is 0 Å². The molecule has 0 aliphatic carbocycles. The number of carbonyl (C=O) groups is 1. The van der Waals surface area contributed by atoms with Crippen LogP contribution in [-0.2, 0) is 8.58 Å². The summed E-state index contributed by atoms with van der Waals surface area (Å²) in [5, 5.41) is 2.02. The molecule has 2 rings (SSSR count). The molecule has 1 heterocycles. The number of carbonyl (C=O) groups excluding carboxylic acids is 1. The molecule has 0 radical (unpaired) electrons. The third-order valence-corrected chi connectivity index (χ3v) is 4.17. The first kappa shape index (κ1) is 13.4. The van der Waals surface area contributed by atoms with Crippen LogP contribution in [0.25, 0.3) is 11.1 Å². The van der Waals surface area contributed by atoms with Crippen LogP contribution in [0.5, 0.6) is 0 Å². The van der Waals surface area contributed by atoms with E-state index in [1.54, 1.807) is 11.3 Å². The van der Waals surface area contributed by atoms with Crippen molar-refractivity contribution < 1.29 is 8.58 Å². The van der Waals surface area contributed by atoms with Gasteiger partial charge in [0.1, 0.15) is 0 Å². The molecule has 4 heteroatoms. The number of benzene rings is 1. The van der Waals surface area contributed by atoms with Gasteiger partial charge in [0.15, 0.2) is 0 Å². The number of hydrogen-bond acceptors (Lipinski definition) is 3. The second-order valence-electron chi connectivity index (χ2n) is 3.96. The molecule has 0 bridgehead atoms. The van der Waals surface area contributed by atoms with E-state index >= 15 is 0 Å². The zero-order chi connectivity index (χ0) is 13.0. The third kappa shape index (κ3) is 2.67. The summed E-state index contributed by atoms with van der Waals surface area (Å²) in [5.41, 5.74) is 2.27. The van der Waals surface area contributed by atoms with E-state index in [0.717, 1.165) is 22.4 Å². The summed E-state index contributed by atoms with van der Waals surface area (Å²) in [6.45, 7) is 2.00. The van der Waals surface area contributed by atoms with Crippen LogP contribution in [-0.4, -0.2) is 22.6 Å². The maximum absolute atomic E-state index is 11.8. The molecule has 1 unspecified atom stereocenters. The molecule has 0 saturated heterocycles. The van der Waals surface area contributed by atoms with Crippen LogP contribution in [0.1, 0.15) is 24.1 Å². The zero-order valence-electron chi connectivity index (χ0n) is 10.1. The monoisotopic (exact) mass is 272 g/mol. The summed E-state index contributed by atoms with van der Waals surface area (Å²) in [4.78, 5) is 12.9. The predicted molar refractivity (Wildman–Crippen MR) is 74.6 cm³/mol. The van der Waals surface area contributed by atoms with E-state index in [1.165, 1.54) is 0 Å². The van der Waals surface area contributed by atoms with E-state index in [0.29, 0.717) is 0 Å². The normalized spacial score (nSPS) is 12.2. The number of thiophene rings is 1. The van der Waals surface area contributed by atoms with Crippen molar-refractivity contribution in [1.82, 2.24) is 0 Å². The van der Waals surface area contributed by atoms with E-state index in [-0.39, 0.29) is 11.9 Å². The first-order valence-electron chi connectivity index (χ1n) is 5.81. The van der Waals surface area contributed by atoms with E-state index < -0.39 is 0 Å². The predicted octanol–water partition coefficient (Wildman–Crippen LogP) is 3.54. The van der Waals surface area contributed by atoms with Gasteiger partial charge in [0.25, 0.3) is 0 Å². The quantitative estimate of drug-likeness (QED) is 0.796. The minimum absolute atomic E-state index is 0.183. The Morgan fingerprint density at radius 1 is 1.33 bits per heavy atom. The van der Waals surface area contributed by atoms with E-state index in [4.69, 9.17) is 3.79 Å².